The third-order valence-electron chi connectivity index (χ3n) is 7.63. The molecule has 1 aliphatic carbocycles. The average Bonchev–Trinajstić information content (AvgIpc) is 3.51. The number of hydrogen-bond acceptors (Lipinski definition) is 5. The highest BCUT2D eigenvalue weighted by molar-refractivity contribution is 7.20. The number of nitrogens with zero attached hydrogens (tertiary/aromatic N) is 3. The zero-order valence-electron chi connectivity index (χ0n) is 19.4. The maximum absolute atomic E-state index is 13.7. The molecule has 2 aliphatic rings. The van der Waals surface area contributed by atoms with E-state index in [4.69, 9.17) is 5.73 Å². The molecule has 2 aromatic heterocycles. The summed E-state index contributed by atoms with van der Waals surface area (Å²) in [7, 11) is 0. The standard InChI is InChI=1S/C25H25F3N4O3S/c26-25(27,28)16-5-4-15-13-20(36-19(15)14-16)21(33)17-3-1-2-7-24(17)8-11-31(12-9-24)23(35)32-10-6-18(30-32)22(29)34/h4-6,10,13-14,17H,1-3,7-9,11-12H2,(H2,29,34). The topological polar surface area (TPSA) is 98.3 Å². The number of piperidine rings is 1. The number of carbonyl (C=O) groups excluding carboxylic acids is 3. The minimum Gasteiger partial charge on any atom is -0.364 e. The Kier molecular flexibility index (Phi) is 6.14. The van der Waals surface area contributed by atoms with Gasteiger partial charge < -0.3 is 10.6 Å². The largest absolute Gasteiger partial charge is 0.416 e. The molecular formula is C25H25F3N4O3S. The van der Waals surface area contributed by atoms with Gasteiger partial charge in [-0.25, -0.2) is 4.79 Å². The van der Waals surface area contributed by atoms with Gasteiger partial charge in [0.15, 0.2) is 11.5 Å². The lowest BCUT2D eigenvalue weighted by atomic mass is 9.60. The predicted molar refractivity (Wildman–Crippen MR) is 128 cm³/mol. The van der Waals surface area contributed by atoms with Gasteiger partial charge in [-0.2, -0.15) is 23.0 Å². The van der Waals surface area contributed by atoms with Crippen LogP contribution in [0, 0.1) is 11.3 Å². The molecule has 1 aliphatic heterocycles. The molecule has 190 valence electrons. The van der Waals surface area contributed by atoms with Gasteiger partial charge in [0.25, 0.3) is 5.91 Å². The quantitative estimate of drug-likeness (QED) is 0.473. The Morgan fingerprint density at radius 3 is 2.47 bits per heavy atom. The minimum absolute atomic E-state index is 0.0117. The highest BCUT2D eigenvalue weighted by atomic mass is 32.1. The molecule has 1 unspecified atom stereocenters. The summed E-state index contributed by atoms with van der Waals surface area (Å²) in [6.07, 6.45) is 1.82. The summed E-state index contributed by atoms with van der Waals surface area (Å²) in [4.78, 5) is 40.0. The zero-order chi connectivity index (χ0) is 25.7. The van der Waals surface area contributed by atoms with Crippen molar-refractivity contribution in [3.05, 3.63) is 52.7 Å². The first-order valence-electron chi connectivity index (χ1n) is 11.9. The molecule has 1 aromatic carbocycles. The molecule has 0 radical (unpaired) electrons. The van der Waals surface area contributed by atoms with E-state index in [0.29, 0.717) is 40.9 Å². The van der Waals surface area contributed by atoms with Crippen LogP contribution >= 0.6 is 11.3 Å². The van der Waals surface area contributed by atoms with E-state index in [1.54, 1.807) is 11.0 Å². The van der Waals surface area contributed by atoms with Gasteiger partial charge in [0.05, 0.1) is 10.4 Å². The first-order valence-corrected chi connectivity index (χ1v) is 12.7. The summed E-state index contributed by atoms with van der Waals surface area (Å²) in [5, 5.41) is 4.58. The second-order valence-corrected chi connectivity index (χ2v) is 10.7. The highest BCUT2D eigenvalue weighted by Crippen LogP contribution is 2.50. The monoisotopic (exact) mass is 518 g/mol. The molecule has 1 saturated heterocycles. The van der Waals surface area contributed by atoms with Gasteiger partial charge in [-0.3, -0.25) is 9.59 Å². The number of carbonyl (C=O) groups is 3. The fourth-order valence-electron chi connectivity index (χ4n) is 5.66. The van der Waals surface area contributed by atoms with Gasteiger partial charge in [0, 0.05) is 29.9 Å². The fourth-order valence-corrected chi connectivity index (χ4v) is 6.76. The average molecular weight is 519 g/mol. The van der Waals surface area contributed by atoms with E-state index >= 15 is 0 Å². The maximum Gasteiger partial charge on any atom is 0.416 e. The normalized spacial score (nSPS) is 20.1. The van der Waals surface area contributed by atoms with Crippen molar-refractivity contribution in [1.29, 1.82) is 0 Å². The number of nitrogens with two attached hydrogens (primary N) is 1. The molecule has 2 amide bonds. The van der Waals surface area contributed by atoms with Gasteiger partial charge in [-0.05, 0) is 60.7 Å². The van der Waals surface area contributed by atoms with Gasteiger partial charge in [0.2, 0.25) is 0 Å². The number of alkyl halides is 3. The number of thiophene rings is 1. The lowest BCUT2D eigenvalue weighted by Gasteiger charge is -2.48. The van der Waals surface area contributed by atoms with Crippen molar-refractivity contribution in [3.63, 3.8) is 0 Å². The molecule has 2 N–H and O–H groups in total. The van der Waals surface area contributed by atoms with Crippen molar-refractivity contribution in [2.45, 2.75) is 44.7 Å². The van der Waals surface area contributed by atoms with E-state index in [-0.39, 0.29) is 28.8 Å². The Bertz CT molecular complexity index is 1340. The third kappa shape index (κ3) is 4.40. The van der Waals surface area contributed by atoms with Gasteiger partial charge in [0.1, 0.15) is 0 Å². The molecule has 7 nitrogen and oxygen atoms in total. The summed E-state index contributed by atoms with van der Waals surface area (Å²) in [5.41, 5.74) is 4.27. The van der Waals surface area contributed by atoms with E-state index in [1.807, 2.05) is 0 Å². The summed E-state index contributed by atoms with van der Waals surface area (Å²) in [6.45, 7) is 0.908. The molecule has 2 fully saturated rings. The SMILES string of the molecule is NC(=O)c1ccn(C(=O)N2CCC3(CCCCC3C(=O)c3cc4ccc(C(F)(F)F)cc4s3)CC2)n1. The number of Topliss-reactive ketones (excluding diaryl/α,β-unsaturated/α-hetero) is 1. The number of primary amides is 1. The molecule has 1 spiro atoms. The van der Waals surface area contributed by atoms with Crippen molar-refractivity contribution >= 4 is 39.1 Å². The second kappa shape index (κ2) is 9.02. The first-order chi connectivity index (χ1) is 17.1. The van der Waals surface area contributed by atoms with E-state index in [1.165, 1.54) is 18.3 Å². The Balaban J connectivity index is 1.34. The molecule has 3 heterocycles. The minimum atomic E-state index is -4.43. The molecule has 1 atom stereocenters. The van der Waals surface area contributed by atoms with Crippen LogP contribution in [0.1, 0.15) is 64.2 Å². The van der Waals surface area contributed by atoms with Crippen molar-refractivity contribution in [1.82, 2.24) is 14.7 Å². The van der Waals surface area contributed by atoms with Gasteiger partial charge in [-0.1, -0.05) is 18.9 Å². The fraction of sp³-hybridized carbons (Fsp3) is 0.440. The molecular weight excluding hydrogens is 493 g/mol. The molecule has 36 heavy (non-hydrogen) atoms. The summed E-state index contributed by atoms with van der Waals surface area (Å²) in [6, 6.07) is 6.33. The lowest BCUT2D eigenvalue weighted by Crippen LogP contribution is -2.50. The second-order valence-electron chi connectivity index (χ2n) is 9.67. The van der Waals surface area contributed by atoms with E-state index in [9.17, 15) is 27.6 Å². The van der Waals surface area contributed by atoms with E-state index in [2.05, 4.69) is 5.10 Å². The number of benzene rings is 1. The van der Waals surface area contributed by atoms with Gasteiger partial charge >= 0.3 is 12.2 Å². The Labute approximate surface area is 209 Å². The number of likely N-dealkylation sites (tertiary alicyclic amines) is 1. The number of fused-ring (bicyclic) bond motifs is 1. The van der Waals surface area contributed by atoms with Gasteiger partial charge in [-0.15, -0.1) is 11.3 Å². The van der Waals surface area contributed by atoms with Crippen LogP contribution < -0.4 is 5.73 Å². The predicted octanol–water partition coefficient (Wildman–Crippen LogP) is 5.34. The summed E-state index contributed by atoms with van der Waals surface area (Å²) in [5.74, 6) is -0.953. The number of amides is 2. The van der Waals surface area contributed by atoms with Crippen molar-refractivity contribution in [2.75, 3.05) is 13.1 Å². The molecule has 3 aromatic rings. The third-order valence-corrected chi connectivity index (χ3v) is 8.74. The smallest absolute Gasteiger partial charge is 0.364 e. The maximum atomic E-state index is 13.7. The summed E-state index contributed by atoms with van der Waals surface area (Å²) < 4.78 is 40.9. The van der Waals surface area contributed by atoms with Crippen LogP contribution in [0.4, 0.5) is 18.0 Å². The number of ketones is 1. The van der Waals surface area contributed by atoms with Crippen molar-refractivity contribution in [3.8, 4) is 0 Å². The number of hydrogen-bond donors (Lipinski definition) is 1. The zero-order valence-corrected chi connectivity index (χ0v) is 20.2. The van der Waals surface area contributed by atoms with Crippen LogP contribution in [-0.4, -0.2) is 45.5 Å². The number of aromatic nitrogens is 2. The van der Waals surface area contributed by atoms with Crippen LogP contribution in [0.15, 0.2) is 36.5 Å². The summed E-state index contributed by atoms with van der Waals surface area (Å²) >= 11 is 1.12. The Morgan fingerprint density at radius 1 is 1.06 bits per heavy atom. The first kappa shape index (κ1) is 24.5. The highest BCUT2D eigenvalue weighted by Gasteiger charge is 2.47. The number of halogens is 3. The molecule has 5 rings (SSSR count). The van der Waals surface area contributed by atoms with Crippen LogP contribution in [0.25, 0.3) is 10.1 Å². The van der Waals surface area contributed by atoms with Crippen LogP contribution in [0.5, 0.6) is 0 Å². The van der Waals surface area contributed by atoms with Crippen LogP contribution in [0.3, 0.4) is 0 Å². The lowest BCUT2D eigenvalue weighted by molar-refractivity contribution is -0.137. The molecule has 1 saturated carbocycles. The van der Waals surface area contributed by atoms with Crippen molar-refractivity contribution in [2.24, 2.45) is 17.1 Å². The van der Waals surface area contributed by atoms with Crippen molar-refractivity contribution < 1.29 is 27.6 Å². The van der Waals surface area contributed by atoms with E-state index < -0.39 is 17.6 Å². The van der Waals surface area contributed by atoms with Crippen LogP contribution in [-0.2, 0) is 6.18 Å². The molecule has 11 heteroatoms. The molecule has 0 bridgehead atoms. The Hall–Kier alpha value is -3.21. The van der Waals surface area contributed by atoms with E-state index in [0.717, 1.165) is 53.8 Å². The Morgan fingerprint density at radius 2 is 1.81 bits per heavy atom. The number of rotatable bonds is 3. The van der Waals surface area contributed by atoms with Crippen LogP contribution in [0.2, 0.25) is 0 Å².